The number of hydrogen-bond donors (Lipinski definition) is 2. The van der Waals surface area contributed by atoms with Crippen LogP contribution in [0.1, 0.15) is 19.8 Å². The Kier molecular flexibility index (Phi) is 4.75. The molecule has 2 N–H and O–H groups in total. The third-order valence-electron chi connectivity index (χ3n) is 4.81. The number of rotatable bonds is 4. The average Bonchev–Trinajstić information content (AvgIpc) is 2.73. The average molecular weight is 374 g/mol. The van der Waals surface area contributed by atoms with E-state index in [1.165, 1.54) is 4.90 Å². The smallest absolute Gasteiger partial charge is 0.351 e. The number of hydroxylamine groups is 2. The number of carbonyl (C=O) groups excluding carboxylic acids is 2. The van der Waals surface area contributed by atoms with Crippen molar-refractivity contribution in [2.45, 2.75) is 37.9 Å². The summed E-state index contributed by atoms with van der Waals surface area (Å²) in [4.78, 5) is 28.5. The first-order valence-corrected chi connectivity index (χ1v) is 9.46. The van der Waals surface area contributed by atoms with Gasteiger partial charge in [0.25, 0.3) is 0 Å². The zero-order valence-corrected chi connectivity index (χ0v) is 14.9. The zero-order valence-electron chi connectivity index (χ0n) is 14.1. The summed E-state index contributed by atoms with van der Waals surface area (Å²) in [6, 6.07) is -2.18. The number of nitrogens with one attached hydrogen (secondary N) is 1. The first-order valence-electron chi connectivity index (χ1n) is 8.10. The van der Waals surface area contributed by atoms with Gasteiger partial charge in [-0.2, -0.15) is 13.5 Å². The minimum atomic E-state index is -4.82. The molecule has 0 aliphatic carbocycles. The Labute approximate surface area is 146 Å². The summed E-state index contributed by atoms with van der Waals surface area (Å²) in [6.07, 6.45) is 3.30. The summed E-state index contributed by atoms with van der Waals surface area (Å²) in [5.74, 6) is -0.288. The number of piperidine rings is 1. The standard InChI is InChI=1S/C14H22N4O6S/c1-9-7-11-8-17(14(20)18(11)24-25(21,22)23)12(9)13(19)15-10-3-5-16(2)6-4-10/h7,10-12H,3-6,8H2,1-2H3,(H,15,19)(H,21,22,23)/t11-,12+/m1/s1. The summed E-state index contributed by atoms with van der Waals surface area (Å²) < 4.78 is 35.0. The second-order valence-corrected chi connectivity index (χ2v) is 7.73. The van der Waals surface area contributed by atoms with E-state index in [2.05, 4.69) is 14.5 Å². The van der Waals surface area contributed by atoms with Crippen LogP contribution in [0.2, 0.25) is 0 Å². The number of carbonyl (C=O) groups is 2. The highest BCUT2D eigenvalue weighted by atomic mass is 32.3. The summed E-state index contributed by atoms with van der Waals surface area (Å²) in [7, 11) is -2.79. The molecule has 25 heavy (non-hydrogen) atoms. The van der Waals surface area contributed by atoms with Gasteiger partial charge in [-0.1, -0.05) is 6.08 Å². The van der Waals surface area contributed by atoms with Crippen molar-refractivity contribution in [1.82, 2.24) is 20.2 Å². The third-order valence-corrected chi connectivity index (χ3v) is 5.15. The van der Waals surface area contributed by atoms with Gasteiger partial charge in [0.2, 0.25) is 5.91 Å². The van der Waals surface area contributed by atoms with Gasteiger partial charge in [0, 0.05) is 6.04 Å². The van der Waals surface area contributed by atoms with E-state index in [4.69, 9.17) is 4.55 Å². The lowest BCUT2D eigenvalue weighted by molar-refractivity contribution is -0.125. The number of nitrogens with zero attached hydrogens (tertiary/aromatic N) is 3. The van der Waals surface area contributed by atoms with Crippen LogP contribution in [0.5, 0.6) is 0 Å². The Hall–Kier alpha value is -1.69. The Morgan fingerprint density at radius 1 is 1.36 bits per heavy atom. The van der Waals surface area contributed by atoms with E-state index < -0.39 is 28.5 Å². The second-order valence-electron chi connectivity index (χ2n) is 6.73. The number of hydrogen-bond acceptors (Lipinski definition) is 6. The predicted octanol–water partition coefficient (Wildman–Crippen LogP) is -0.634. The van der Waals surface area contributed by atoms with Crippen LogP contribution in [0.25, 0.3) is 0 Å². The molecule has 2 fully saturated rings. The van der Waals surface area contributed by atoms with Crippen LogP contribution in [0.3, 0.4) is 0 Å². The van der Waals surface area contributed by atoms with Crippen molar-refractivity contribution >= 4 is 22.3 Å². The maximum atomic E-state index is 12.7. The van der Waals surface area contributed by atoms with E-state index >= 15 is 0 Å². The van der Waals surface area contributed by atoms with Crippen molar-refractivity contribution in [2.75, 3.05) is 26.7 Å². The third kappa shape index (κ3) is 3.78. The van der Waals surface area contributed by atoms with Crippen molar-refractivity contribution < 1.29 is 26.8 Å². The quantitative estimate of drug-likeness (QED) is 0.496. The molecule has 3 heterocycles. The van der Waals surface area contributed by atoms with Gasteiger partial charge in [0.05, 0.1) is 12.6 Å². The fraction of sp³-hybridized carbons (Fsp3) is 0.714. The maximum absolute atomic E-state index is 12.7. The van der Waals surface area contributed by atoms with Crippen LogP contribution in [-0.4, -0.2) is 84.6 Å². The first-order chi connectivity index (χ1) is 11.7. The monoisotopic (exact) mass is 374 g/mol. The highest BCUT2D eigenvalue weighted by molar-refractivity contribution is 7.80. The lowest BCUT2D eigenvalue weighted by Crippen LogP contribution is -2.53. The van der Waals surface area contributed by atoms with E-state index in [0.29, 0.717) is 10.6 Å². The van der Waals surface area contributed by atoms with E-state index in [9.17, 15) is 18.0 Å². The van der Waals surface area contributed by atoms with Gasteiger partial charge in [-0.05, 0) is 45.5 Å². The highest BCUT2D eigenvalue weighted by Crippen LogP contribution is 2.30. The number of amides is 3. The van der Waals surface area contributed by atoms with Crippen LogP contribution in [0.4, 0.5) is 4.79 Å². The van der Waals surface area contributed by atoms with Crippen LogP contribution in [0, 0.1) is 0 Å². The zero-order chi connectivity index (χ0) is 18.4. The van der Waals surface area contributed by atoms with Crippen LogP contribution >= 0.6 is 0 Å². The minimum absolute atomic E-state index is 0.0529. The molecule has 11 heteroatoms. The lowest BCUT2D eigenvalue weighted by atomic mass is 9.98. The lowest BCUT2D eigenvalue weighted by Gasteiger charge is -2.33. The molecule has 10 nitrogen and oxygen atoms in total. The van der Waals surface area contributed by atoms with Crippen LogP contribution in [-0.2, 0) is 19.5 Å². The Morgan fingerprint density at radius 3 is 2.60 bits per heavy atom. The van der Waals surface area contributed by atoms with Gasteiger partial charge in [-0.15, -0.1) is 4.28 Å². The SMILES string of the molecule is CC1=C[C@@H]2CN(C(=O)N2OS(=O)(=O)O)[C@@H]1C(=O)NC1CCN(C)CC1. The summed E-state index contributed by atoms with van der Waals surface area (Å²) in [6.45, 7) is 3.62. The molecule has 0 saturated carbocycles. The van der Waals surface area contributed by atoms with Crippen molar-refractivity contribution in [2.24, 2.45) is 0 Å². The van der Waals surface area contributed by atoms with E-state index in [-0.39, 0.29) is 18.5 Å². The van der Waals surface area contributed by atoms with Gasteiger partial charge in [-0.3, -0.25) is 9.35 Å². The molecular weight excluding hydrogens is 352 g/mol. The Balaban J connectivity index is 1.71. The Morgan fingerprint density at radius 2 is 2.00 bits per heavy atom. The van der Waals surface area contributed by atoms with Crippen LogP contribution in [0.15, 0.2) is 11.6 Å². The van der Waals surface area contributed by atoms with Crippen molar-refractivity contribution in [1.29, 1.82) is 0 Å². The molecule has 0 spiro atoms. The van der Waals surface area contributed by atoms with Crippen molar-refractivity contribution in [3.63, 3.8) is 0 Å². The predicted molar refractivity (Wildman–Crippen MR) is 86.6 cm³/mol. The van der Waals surface area contributed by atoms with Crippen LogP contribution < -0.4 is 5.32 Å². The molecule has 3 aliphatic heterocycles. The normalized spacial score (nSPS) is 28.3. The van der Waals surface area contributed by atoms with Gasteiger partial charge in [0.1, 0.15) is 6.04 Å². The fourth-order valence-electron chi connectivity index (χ4n) is 3.57. The first kappa shape index (κ1) is 18.1. The van der Waals surface area contributed by atoms with Gasteiger partial charge >= 0.3 is 16.4 Å². The molecule has 0 unspecified atom stereocenters. The van der Waals surface area contributed by atoms with E-state index in [0.717, 1.165) is 25.9 Å². The van der Waals surface area contributed by atoms with Gasteiger partial charge in [0.15, 0.2) is 0 Å². The van der Waals surface area contributed by atoms with E-state index in [1.807, 2.05) is 7.05 Å². The summed E-state index contributed by atoms with van der Waals surface area (Å²) >= 11 is 0. The molecule has 2 bridgehead atoms. The largest absolute Gasteiger partial charge is 0.418 e. The second kappa shape index (κ2) is 6.56. The highest BCUT2D eigenvalue weighted by Gasteiger charge is 2.49. The summed E-state index contributed by atoms with van der Waals surface area (Å²) in [5.41, 5.74) is 0.636. The van der Waals surface area contributed by atoms with Gasteiger partial charge < -0.3 is 15.1 Å². The van der Waals surface area contributed by atoms with Crippen molar-refractivity contribution in [3.8, 4) is 0 Å². The minimum Gasteiger partial charge on any atom is -0.351 e. The fourth-order valence-corrected chi connectivity index (χ4v) is 3.95. The summed E-state index contributed by atoms with van der Waals surface area (Å²) in [5, 5.41) is 3.56. The molecule has 3 aliphatic rings. The topological polar surface area (TPSA) is 119 Å². The molecule has 0 aromatic carbocycles. The number of fused-ring (bicyclic) bond motifs is 2. The number of urea groups is 1. The molecular formula is C14H22N4O6S. The molecule has 3 rings (SSSR count). The molecule has 140 valence electrons. The van der Waals surface area contributed by atoms with Crippen molar-refractivity contribution in [3.05, 3.63) is 11.6 Å². The molecule has 3 amide bonds. The molecule has 2 saturated heterocycles. The van der Waals surface area contributed by atoms with E-state index in [1.54, 1.807) is 13.0 Å². The maximum Gasteiger partial charge on any atom is 0.418 e. The molecule has 0 aromatic rings. The molecule has 0 aromatic heterocycles. The molecule has 0 radical (unpaired) electrons. The Bertz CT molecular complexity index is 700. The van der Waals surface area contributed by atoms with Gasteiger partial charge in [-0.25, -0.2) is 4.79 Å². The number of likely N-dealkylation sites (tertiary alicyclic amines) is 1. The molecule has 2 atom stereocenters.